The van der Waals surface area contributed by atoms with Crippen LogP contribution in [0.3, 0.4) is 0 Å². The predicted molar refractivity (Wildman–Crippen MR) is 196 cm³/mol. The Morgan fingerprint density at radius 3 is 2.28 bits per heavy atom. The number of aliphatic hydroxyl groups is 2. The normalized spacial score (nSPS) is 22.4. The second-order valence-corrected chi connectivity index (χ2v) is 19.4. The van der Waals surface area contributed by atoms with Gasteiger partial charge in [0.05, 0.1) is 47.2 Å². The van der Waals surface area contributed by atoms with Crippen LogP contribution in [-0.4, -0.2) is 150 Å². The van der Waals surface area contributed by atoms with E-state index < -0.39 is 84.6 Å². The molecule has 2 amide bonds. The number of carbonyl (C=O) groups is 3. The first-order valence-electron chi connectivity index (χ1n) is 17.3. The Labute approximate surface area is 327 Å². The molecule has 28 heteroatoms. The van der Waals surface area contributed by atoms with Crippen LogP contribution in [0.2, 0.25) is 0 Å². The first-order valence-corrected chi connectivity index (χ1v) is 21.8. The highest BCUT2D eigenvalue weighted by Crippen LogP contribution is 2.61. The van der Waals surface area contributed by atoms with Crippen molar-refractivity contribution in [3.8, 4) is 0 Å². The van der Waals surface area contributed by atoms with E-state index in [0.717, 1.165) is 23.8 Å². The van der Waals surface area contributed by atoms with Crippen LogP contribution in [-0.2, 0) is 50.7 Å². The molecule has 2 aromatic heterocycles. The van der Waals surface area contributed by atoms with Crippen molar-refractivity contribution in [3.05, 3.63) is 12.7 Å². The van der Waals surface area contributed by atoms with Gasteiger partial charge in [-0.25, -0.2) is 28.6 Å². The molecular formula is C29H52N8O17P3+. The summed E-state index contributed by atoms with van der Waals surface area (Å²) >= 11 is 0. The van der Waals surface area contributed by atoms with Crippen molar-refractivity contribution in [2.75, 3.05) is 59.7 Å². The molecule has 0 spiro atoms. The highest BCUT2D eigenvalue weighted by molar-refractivity contribution is 7.61. The smallest absolute Gasteiger partial charge is 0.386 e. The van der Waals surface area contributed by atoms with Crippen LogP contribution >= 0.6 is 23.5 Å². The maximum Gasteiger partial charge on any atom is 0.481 e. The van der Waals surface area contributed by atoms with Gasteiger partial charge in [-0.05, 0) is 0 Å². The minimum absolute atomic E-state index is 0.00513. The zero-order valence-electron chi connectivity index (χ0n) is 32.1. The molecule has 0 aromatic carbocycles. The number of ether oxygens (including phenoxy) is 1. The average Bonchev–Trinajstić information content (AvgIpc) is 3.61. The zero-order valence-corrected chi connectivity index (χ0v) is 34.8. The van der Waals surface area contributed by atoms with Gasteiger partial charge in [-0.15, -0.1) is 0 Å². The first-order chi connectivity index (χ1) is 26.1. The Kier molecular flexibility index (Phi) is 16.6. The van der Waals surface area contributed by atoms with Crippen LogP contribution in [0.15, 0.2) is 12.7 Å². The van der Waals surface area contributed by atoms with Gasteiger partial charge in [0, 0.05) is 43.7 Å². The van der Waals surface area contributed by atoms with E-state index in [2.05, 4.69) is 34.4 Å². The lowest BCUT2D eigenvalue weighted by Gasteiger charge is -2.30. The van der Waals surface area contributed by atoms with Gasteiger partial charge < -0.3 is 55.4 Å². The molecule has 57 heavy (non-hydrogen) atoms. The highest BCUT2D eigenvalue weighted by atomic mass is 31.3. The van der Waals surface area contributed by atoms with Crippen LogP contribution in [0.4, 0.5) is 5.82 Å². The van der Waals surface area contributed by atoms with E-state index >= 15 is 0 Å². The van der Waals surface area contributed by atoms with Crippen LogP contribution < -0.4 is 16.4 Å². The van der Waals surface area contributed by atoms with E-state index in [4.69, 9.17) is 19.5 Å². The van der Waals surface area contributed by atoms with Gasteiger partial charge in [0.15, 0.2) is 17.7 Å². The molecule has 3 heterocycles. The summed E-state index contributed by atoms with van der Waals surface area (Å²) < 4.78 is 62.9. The van der Waals surface area contributed by atoms with Gasteiger partial charge in [0.2, 0.25) is 11.8 Å². The number of aliphatic hydroxyl groups excluding tert-OH is 2. The van der Waals surface area contributed by atoms with Gasteiger partial charge in [-0.2, -0.15) is 4.31 Å². The number of hydrogen-bond acceptors (Lipinski definition) is 17. The molecule has 0 radical (unpaired) electrons. The van der Waals surface area contributed by atoms with E-state index in [1.807, 2.05) is 28.1 Å². The SMILES string of the molecule is CC(CC(=O)CCNC(=O)CCNC(=O)C(O)C(C)(C)COP(=O)(O)OP(=O)(O)OCC1OC(n2cnc3c(N)ncnc32)C(O)C1OP(=O)(O)O)C[N+](C)(C)C. The Morgan fingerprint density at radius 1 is 1.02 bits per heavy atom. The Bertz CT molecular complexity index is 1870. The van der Waals surface area contributed by atoms with Crippen LogP contribution in [0.5, 0.6) is 0 Å². The molecule has 8 unspecified atom stereocenters. The van der Waals surface area contributed by atoms with Crippen molar-refractivity contribution in [1.82, 2.24) is 30.2 Å². The fourth-order valence-electron chi connectivity index (χ4n) is 5.77. The molecule has 324 valence electrons. The molecule has 0 saturated carbocycles. The number of amides is 2. The molecule has 1 aliphatic rings. The topological polar surface area (TPSA) is 364 Å². The summed E-state index contributed by atoms with van der Waals surface area (Å²) in [6.07, 6.45) is -6.40. The lowest BCUT2D eigenvalue weighted by atomic mass is 9.87. The zero-order chi connectivity index (χ0) is 43.1. The third kappa shape index (κ3) is 15.4. The average molecular weight is 878 g/mol. The van der Waals surface area contributed by atoms with Gasteiger partial charge >= 0.3 is 23.5 Å². The number of rotatable bonds is 23. The number of ketones is 1. The lowest BCUT2D eigenvalue weighted by molar-refractivity contribution is -0.873. The maximum atomic E-state index is 12.7. The Hall–Kier alpha value is -2.83. The number of phosphoric ester groups is 3. The Morgan fingerprint density at radius 2 is 1.65 bits per heavy atom. The number of nitrogen functional groups attached to an aromatic ring is 1. The molecule has 3 rings (SSSR count). The molecule has 25 nitrogen and oxygen atoms in total. The summed E-state index contributed by atoms with van der Waals surface area (Å²) in [6, 6.07) is 0. The van der Waals surface area contributed by atoms with E-state index in [-0.39, 0.29) is 54.6 Å². The van der Waals surface area contributed by atoms with Crippen molar-refractivity contribution in [3.63, 3.8) is 0 Å². The number of Topliss-reactive ketones (excluding diaryl/α,β-unsaturated/α-hetero) is 1. The second-order valence-electron chi connectivity index (χ2n) is 15.1. The minimum Gasteiger partial charge on any atom is -0.386 e. The minimum atomic E-state index is -5.57. The summed E-state index contributed by atoms with van der Waals surface area (Å²) in [5, 5.41) is 26.4. The molecule has 0 bridgehead atoms. The summed E-state index contributed by atoms with van der Waals surface area (Å²) in [4.78, 5) is 88.0. The maximum absolute atomic E-state index is 12.7. The molecule has 1 aliphatic heterocycles. The van der Waals surface area contributed by atoms with Crippen molar-refractivity contribution < 1.29 is 85.0 Å². The number of fused-ring (bicyclic) bond motifs is 1. The largest absolute Gasteiger partial charge is 0.481 e. The number of carbonyl (C=O) groups excluding carboxylic acids is 3. The van der Waals surface area contributed by atoms with Crippen molar-refractivity contribution in [2.24, 2.45) is 11.3 Å². The van der Waals surface area contributed by atoms with Crippen LogP contribution in [0.25, 0.3) is 11.2 Å². The number of nitrogens with two attached hydrogens (primary N) is 1. The standard InChI is InChI=1S/C29H51N8O17P3/c1-17(12-37(4,5)6)11-18(38)7-9-31-20(39)8-10-32-27(42)24(41)29(2,3)14-51-57(48,49)54-56(46,47)50-13-19-23(53-55(43,44)45)22(40)28(52-19)36-16-35-21-25(30)33-15-34-26(21)36/h15-17,19,22-24,28,40-41H,7-14H2,1-6H3,(H7-,30,31,32,33,34,39,42,43,44,45,46,47,48,49)/p+1. The number of phosphoric acid groups is 3. The summed E-state index contributed by atoms with van der Waals surface area (Å²) in [5.41, 5.74) is 4.26. The number of imidazole rings is 1. The molecular weight excluding hydrogens is 825 g/mol. The van der Waals surface area contributed by atoms with Crippen molar-refractivity contribution >= 4 is 58.0 Å². The highest BCUT2D eigenvalue weighted by Gasteiger charge is 2.50. The van der Waals surface area contributed by atoms with Gasteiger partial charge in [-0.1, -0.05) is 20.8 Å². The predicted octanol–water partition coefficient (Wildman–Crippen LogP) is -0.903. The quantitative estimate of drug-likeness (QED) is 0.0482. The monoisotopic (exact) mass is 877 g/mol. The molecule has 10 N–H and O–H groups in total. The molecule has 8 atom stereocenters. The summed E-state index contributed by atoms with van der Waals surface area (Å²) in [6.45, 7) is 3.19. The third-order valence-corrected chi connectivity index (χ3v) is 11.3. The van der Waals surface area contributed by atoms with Gasteiger partial charge in [0.1, 0.15) is 42.0 Å². The van der Waals surface area contributed by atoms with Crippen molar-refractivity contribution in [2.45, 2.75) is 70.7 Å². The van der Waals surface area contributed by atoms with Crippen LogP contribution in [0, 0.1) is 11.3 Å². The molecule has 1 fully saturated rings. The summed E-state index contributed by atoms with van der Waals surface area (Å²) in [5.74, 6) is -1.30. The van der Waals surface area contributed by atoms with Crippen LogP contribution in [0.1, 0.15) is 46.3 Å². The molecule has 1 saturated heterocycles. The second kappa shape index (κ2) is 19.5. The number of aromatic nitrogens is 4. The Balaban J connectivity index is 1.48. The fourth-order valence-corrected chi connectivity index (χ4v) is 8.60. The van der Waals surface area contributed by atoms with Crippen molar-refractivity contribution in [1.29, 1.82) is 0 Å². The number of nitrogens with one attached hydrogen (secondary N) is 2. The van der Waals surface area contributed by atoms with E-state index in [1.54, 1.807) is 0 Å². The molecule has 2 aromatic rings. The van der Waals surface area contributed by atoms with Gasteiger partial charge in [-0.3, -0.25) is 32.5 Å². The van der Waals surface area contributed by atoms with E-state index in [1.165, 1.54) is 13.8 Å². The summed E-state index contributed by atoms with van der Waals surface area (Å²) in [7, 11) is -10.3. The molecule has 0 aliphatic carbocycles. The van der Waals surface area contributed by atoms with E-state index in [0.29, 0.717) is 10.9 Å². The first kappa shape index (κ1) is 48.5. The fraction of sp³-hybridized carbons (Fsp3) is 0.724. The number of quaternary nitrogens is 1. The number of hydrogen-bond donors (Lipinski definition) is 9. The third-order valence-electron chi connectivity index (χ3n) is 8.24. The van der Waals surface area contributed by atoms with Gasteiger partial charge in [0.25, 0.3) is 0 Å². The lowest BCUT2D eigenvalue weighted by Crippen LogP contribution is -2.46. The van der Waals surface area contributed by atoms with E-state index in [9.17, 15) is 57.9 Å². The number of nitrogens with zero attached hydrogens (tertiary/aromatic N) is 5. The number of anilines is 1.